The van der Waals surface area contributed by atoms with Crippen molar-refractivity contribution >= 4 is 5.97 Å². The monoisotopic (exact) mass is 270 g/mol. The molecule has 1 aliphatic rings. The van der Waals surface area contributed by atoms with E-state index in [0.29, 0.717) is 31.1 Å². The minimum Gasteiger partial charge on any atom is -0.466 e. The maximum absolute atomic E-state index is 12.1. The van der Waals surface area contributed by atoms with Crippen LogP contribution < -0.4 is 0 Å². The van der Waals surface area contributed by atoms with Crippen LogP contribution in [-0.2, 0) is 19.0 Å². The summed E-state index contributed by atoms with van der Waals surface area (Å²) >= 11 is 0. The Kier molecular flexibility index (Phi) is 5.56. The first-order chi connectivity index (χ1) is 8.77. The van der Waals surface area contributed by atoms with Crippen molar-refractivity contribution in [3.8, 4) is 0 Å². The predicted molar refractivity (Wildman–Crippen MR) is 73.6 cm³/mol. The zero-order valence-corrected chi connectivity index (χ0v) is 12.9. The van der Waals surface area contributed by atoms with Gasteiger partial charge in [-0.15, -0.1) is 0 Å². The van der Waals surface area contributed by atoms with Gasteiger partial charge in [0.15, 0.2) is 6.29 Å². The average Bonchev–Trinajstić information content (AvgIpc) is 2.78. The summed E-state index contributed by atoms with van der Waals surface area (Å²) < 4.78 is 16.2. The fraction of sp³-hybridized carbons (Fsp3) is 0.800. The van der Waals surface area contributed by atoms with E-state index < -0.39 is 6.29 Å². The Hall–Kier alpha value is -0.870. The summed E-state index contributed by atoms with van der Waals surface area (Å²) in [4.78, 5) is 12.1. The van der Waals surface area contributed by atoms with Crippen LogP contribution in [0.3, 0.4) is 0 Å². The first-order valence-electron chi connectivity index (χ1n) is 6.82. The molecule has 0 aliphatic carbocycles. The summed E-state index contributed by atoms with van der Waals surface area (Å²) in [5, 5.41) is 0. The molecule has 1 aliphatic heterocycles. The molecule has 0 unspecified atom stereocenters. The van der Waals surface area contributed by atoms with Crippen molar-refractivity contribution in [1.29, 1.82) is 0 Å². The predicted octanol–water partition coefficient (Wildman–Crippen LogP) is 2.92. The van der Waals surface area contributed by atoms with Crippen molar-refractivity contribution in [2.75, 3.05) is 20.3 Å². The second kappa shape index (κ2) is 6.53. The second-order valence-corrected chi connectivity index (χ2v) is 6.31. The lowest BCUT2D eigenvalue weighted by Crippen LogP contribution is -2.28. The molecule has 4 nitrogen and oxygen atoms in total. The zero-order chi connectivity index (χ0) is 14.6. The maximum atomic E-state index is 12.1. The maximum Gasteiger partial charge on any atom is 0.333 e. The van der Waals surface area contributed by atoms with E-state index in [1.165, 1.54) is 7.11 Å². The van der Waals surface area contributed by atoms with Crippen molar-refractivity contribution in [1.82, 2.24) is 0 Å². The Morgan fingerprint density at radius 1 is 1.26 bits per heavy atom. The van der Waals surface area contributed by atoms with Gasteiger partial charge in [0, 0.05) is 11.1 Å². The van der Waals surface area contributed by atoms with Crippen LogP contribution in [-0.4, -0.2) is 32.6 Å². The summed E-state index contributed by atoms with van der Waals surface area (Å²) in [6, 6.07) is 0. The first-order valence-corrected chi connectivity index (χ1v) is 6.82. The van der Waals surface area contributed by atoms with E-state index >= 15 is 0 Å². The van der Waals surface area contributed by atoms with Crippen molar-refractivity contribution in [3.05, 3.63) is 11.1 Å². The molecule has 1 heterocycles. The van der Waals surface area contributed by atoms with E-state index in [-0.39, 0.29) is 11.4 Å². The highest BCUT2D eigenvalue weighted by Crippen LogP contribution is 2.36. The molecule has 0 radical (unpaired) electrons. The molecular formula is C15H26O4. The molecule has 0 atom stereocenters. The summed E-state index contributed by atoms with van der Waals surface area (Å²) in [5.74, 6) is 0.0885. The van der Waals surface area contributed by atoms with Gasteiger partial charge in [0.25, 0.3) is 0 Å². The van der Waals surface area contributed by atoms with Gasteiger partial charge in [0.05, 0.1) is 20.3 Å². The van der Waals surface area contributed by atoms with Gasteiger partial charge < -0.3 is 14.2 Å². The van der Waals surface area contributed by atoms with Gasteiger partial charge in [0.2, 0.25) is 0 Å². The Bertz CT molecular complexity index is 344. The SMILES string of the molecule is COC(=O)/C(CC(C)C)=C(/C1OCCO1)C(C)(C)C. The van der Waals surface area contributed by atoms with Gasteiger partial charge in [-0.3, -0.25) is 0 Å². The lowest BCUT2D eigenvalue weighted by Gasteiger charge is -2.30. The van der Waals surface area contributed by atoms with Crippen molar-refractivity contribution in [3.63, 3.8) is 0 Å². The van der Waals surface area contributed by atoms with Crippen LogP contribution in [0.2, 0.25) is 0 Å². The quantitative estimate of drug-likeness (QED) is 0.582. The molecule has 110 valence electrons. The number of hydrogen-bond acceptors (Lipinski definition) is 4. The van der Waals surface area contributed by atoms with Crippen LogP contribution in [0.5, 0.6) is 0 Å². The highest BCUT2D eigenvalue weighted by atomic mass is 16.7. The second-order valence-electron chi connectivity index (χ2n) is 6.31. The fourth-order valence-corrected chi connectivity index (χ4v) is 2.31. The van der Waals surface area contributed by atoms with Crippen LogP contribution in [0.1, 0.15) is 41.0 Å². The van der Waals surface area contributed by atoms with E-state index in [4.69, 9.17) is 14.2 Å². The number of carbonyl (C=O) groups is 1. The van der Waals surface area contributed by atoms with E-state index in [1.54, 1.807) is 0 Å². The summed E-state index contributed by atoms with van der Waals surface area (Å²) in [6.45, 7) is 11.5. The Morgan fingerprint density at radius 2 is 1.79 bits per heavy atom. The molecule has 1 saturated heterocycles. The van der Waals surface area contributed by atoms with E-state index in [0.717, 1.165) is 5.57 Å². The normalized spacial score (nSPS) is 18.7. The summed E-state index contributed by atoms with van der Waals surface area (Å²) in [6.07, 6.45) is 0.246. The third-order valence-corrected chi connectivity index (χ3v) is 3.03. The Balaban J connectivity index is 3.25. The smallest absolute Gasteiger partial charge is 0.333 e. The highest BCUT2D eigenvalue weighted by Gasteiger charge is 2.35. The molecule has 0 amide bonds. The zero-order valence-electron chi connectivity index (χ0n) is 12.9. The van der Waals surface area contributed by atoms with Gasteiger partial charge in [-0.2, -0.15) is 0 Å². The van der Waals surface area contributed by atoms with Crippen LogP contribution in [0.15, 0.2) is 11.1 Å². The molecule has 0 spiro atoms. The summed E-state index contributed by atoms with van der Waals surface area (Å²) in [7, 11) is 1.42. The lowest BCUT2D eigenvalue weighted by atomic mass is 9.80. The molecule has 1 fully saturated rings. The Morgan fingerprint density at radius 3 is 2.16 bits per heavy atom. The van der Waals surface area contributed by atoms with Crippen LogP contribution in [0.25, 0.3) is 0 Å². The van der Waals surface area contributed by atoms with E-state index in [1.807, 2.05) is 0 Å². The molecule has 0 aromatic rings. The number of rotatable bonds is 4. The summed E-state index contributed by atoms with van der Waals surface area (Å²) in [5.41, 5.74) is 1.40. The molecule has 0 aromatic heterocycles. The minimum absolute atomic E-state index is 0.201. The minimum atomic E-state index is -0.423. The van der Waals surface area contributed by atoms with Crippen LogP contribution >= 0.6 is 0 Å². The largest absolute Gasteiger partial charge is 0.466 e. The number of methoxy groups -OCH3 is 1. The van der Waals surface area contributed by atoms with Gasteiger partial charge in [-0.05, 0) is 17.8 Å². The number of hydrogen-bond donors (Lipinski definition) is 0. The molecule has 0 N–H and O–H groups in total. The van der Waals surface area contributed by atoms with E-state index in [2.05, 4.69) is 34.6 Å². The standard InChI is InChI=1S/C15H26O4/c1-10(2)9-11(13(16)17-6)12(15(3,4)5)14-18-7-8-19-14/h10,14H,7-9H2,1-6H3/b12-11-. The highest BCUT2D eigenvalue weighted by molar-refractivity contribution is 5.89. The number of carbonyl (C=O) groups excluding carboxylic acids is 1. The van der Waals surface area contributed by atoms with Gasteiger partial charge in [0.1, 0.15) is 0 Å². The topological polar surface area (TPSA) is 44.8 Å². The average molecular weight is 270 g/mol. The third kappa shape index (κ3) is 4.32. The Labute approximate surface area is 116 Å². The van der Waals surface area contributed by atoms with Crippen LogP contribution in [0.4, 0.5) is 0 Å². The van der Waals surface area contributed by atoms with Crippen LogP contribution in [0, 0.1) is 11.3 Å². The first kappa shape index (κ1) is 16.2. The molecule has 4 heteroatoms. The van der Waals surface area contributed by atoms with Gasteiger partial charge in [-0.1, -0.05) is 34.6 Å². The van der Waals surface area contributed by atoms with E-state index in [9.17, 15) is 4.79 Å². The molecule has 1 rings (SSSR count). The van der Waals surface area contributed by atoms with Crippen molar-refractivity contribution in [2.24, 2.45) is 11.3 Å². The lowest BCUT2D eigenvalue weighted by molar-refractivity contribution is -0.137. The molecule has 0 saturated carbocycles. The molecule has 0 bridgehead atoms. The third-order valence-electron chi connectivity index (χ3n) is 3.03. The number of esters is 1. The fourth-order valence-electron chi connectivity index (χ4n) is 2.31. The van der Waals surface area contributed by atoms with Gasteiger partial charge in [-0.25, -0.2) is 4.79 Å². The van der Waals surface area contributed by atoms with Gasteiger partial charge >= 0.3 is 5.97 Å². The molecule has 19 heavy (non-hydrogen) atoms. The van der Waals surface area contributed by atoms with Crippen molar-refractivity contribution < 1.29 is 19.0 Å². The number of ether oxygens (including phenoxy) is 3. The molecule has 0 aromatic carbocycles. The molecular weight excluding hydrogens is 244 g/mol. The van der Waals surface area contributed by atoms with Crippen molar-refractivity contribution in [2.45, 2.75) is 47.3 Å².